The lowest BCUT2D eigenvalue weighted by Gasteiger charge is -2.15. The minimum atomic E-state index is -0.606. The minimum absolute atomic E-state index is 0.0269. The third kappa shape index (κ3) is 2.80. The number of nitrogens with zero attached hydrogens (tertiary/aromatic N) is 1. The Hall–Kier alpha value is -3.68. The Morgan fingerprint density at radius 1 is 1.04 bits per heavy atom. The van der Waals surface area contributed by atoms with Gasteiger partial charge in [0, 0.05) is 11.6 Å². The molecular weight excluding hydrogens is 352 g/mol. The number of carbonyl (C=O) groups excluding carboxylic acids is 4. The topological polar surface area (TPSA) is 102 Å². The summed E-state index contributed by atoms with van der Waals surface area (Å²) in [5, 5.41) is 2.57. The van der Waals surface area contributed by atoms with Crippen molar-refractivity contribution >= 4 is 29.2 Å². The summed E-state index contributed by atoms with van der Waals surface area (Å²) in [6.45, 7) is 0.925. The van der Waals surface area contributed by atoms with Crippen molar-refractivity contribution in [3.63, 3.8) is 0 Å². The number of hydrogen-bond acceptors (Lipinski definition) is 6. The van der Waals surface area contributed by atoms with Gasteiger partial charge in [-0.2, -0.15) is 0 Å². The zero-order valence-corrected chi connectivity index (χ0v) is 14.3. The summed E-state index contributed by atoms with van der Waals surface area (Å²) in [4.78, 5) is 49.9. The Labute approximate surface area is 153 Å². The van der Waals surface area contributed by atoms with Crippen LogP contribution in [0.1, 0.15) is 38.0 Å². The molecule has 0 aromatic heterocycles. The third-order valence-corrected chi connectivity index (χ3v) is 4.35. The van der Waals surface area contributed by atoms with Gasteiger partial charge in [-0.15, -0.1) is 0 Å². The monoisotopic (exact) mass is 366 g/mol. The molecule has 0 saturated carbocycles. The number of rotatable bonds is 4. The number of hydrogen-bond donors (Lipinski definition) is 1. The Morgan fingerprint density at radius 2 is 1.63 bits per heavy atom. The van der Waals surface area contributed by atoms with E-state index in [1.165, 1.54) is 19.1 Å². The number of Topliss-reactive ketones (excluding diaryl/α,β-unsaturated/α-hetero) is 1. The Kier molecular flexibility index (Phi) is 3.88. The summed E-state index contributed by atoms with van der Waals surface area (Å²) in [5.41, 5.74) is 1.01. The average molecular weight is 366 g/mol. The molecule has 0 fully saturated rings. The molecule has 0 spiro atoms. The molecule has 0 aliphatic carbocycles. The van der Waals surface area contributed by atoms with E-state index in [4.69, 9.17) is 9.47 Å². The van der Waals surface area contributed by atoms with E-state index in [2.05, 4.69) is 5.32 Å². The van der Waals surface area contributed by atoms with Crippen molar-refractivity contribution in [2.75, 3.05) is 18.7 Å². The SMILES string of the molecule is CC(=O)c1cc2c(cc1NC(=O)CN1C(=O)c3ccccc3C1=O)OCO2. The van der Waals surface area contributed by atoms with E-state index in [0.717, 1.165) is 4.90 Å². The maximum absolute atomic E-state index is 12.4. The average Bonchev–Trinajstić information content (AvgIpc) is 3.19. The first-order valence-corrected chi connectivity index (χ1v) is 8.15. The van der Waals surface area contributed by atoms with Crippen LogP contribution < -0.4 is 14.8 Å². The van der Waals surface area contributed by atoms with Gasteiger partial charge in [-0.1, -0.05) is 12.1 Å². The predicted molar refractivity (Wildman–Crippen MR) is 93.0 cm³/mol. The smallest absolute Gasteiger partial charge is 0.262 e. The molecule has 8 heteroatoms. The fourth-order valence-electron chi connectivity index (χ4n) is 3.05. The van der Waals surface area contributed by atoms with Crippen molar-refractivity contribution in [3.8, 4) is 11.5 Å². The molecule has 3 amide bonds. The van der Waals surface area contributed by atoms with Crippen molar-refractivity contribution in [1.29, 1.82) is 0 Å². The van der Waals surface area contributed by atoms with Crippen molar-refractivity contribution in [2.24, 2.45) is 0 Å². The van der Waals surface area contributed by atoms with Gasteiger partial charge in [0.05, 0.1) is 16.8 Å². The van der Waals surface area contributed by atoms with Gasteiger partial charge in [-0.3, -0.25) is 24.1 Å². The van der Waals surface area contributed by atoms with E-state index in [9.17, 15) is 19.2 Å². The zero-order chi connectivity index (χ0) is 19.1. The van der Waals surface area contributed by atoms with E-state index in [-0.39, 0.29) is 35.0 Å². The molecule has 0 radical (unpaired) electrons. The first-order chi connectivity index (χ1) is 13.0. The molecule has 2 aliphatic rings. The molecule has 2 aromatic rings. The molecule has 2 aliphatic heterocycles. The quantitative estimate of drug-likeness (QED) is 0.654. The van der Waals surface area contributed by atoms with E-state index in [1.54, 1.807) is 24.3 Å². The van der Waals surface area contributed by atoms with Crippen LogP contribution in [0.15, 0.2) is 36.4 Å². The summed E-state index contributed by atoms with van der Waals surface area (Å²) < 4.78 is 10.5. The van der Waals surface area contributed by atoms with Crippen molar-refractivity contribution < 1.29 is 28.7 Å². The van der Waals surface area contributed by atoms with Crippen LogP contribution in [0.3, 0.4) is 0 Å². The summed E-state index contributed by atoms with van der Waals surface area (Å²) in [6, 6.07) is 9.36. The zero-order valence-electron chi connectivity index (χ0n) is 14.3. The summed E-state index contributed by atoms with van der Waals surface area (Å²) in [6.07, 6.45) is 0. The Balaban J connectivity index is 1.55. The Morgan fingerprint density at radius 3 is 2.22 bits per heavy atom. The summed E-state index contributed by atoms with van der Waals surface area (Å²) >= 11 is 0. The van der Waals surface area contributed by atoms with Gasteiger partial charge in [-0.25, -0.2) is 0 Å². The normalized spacial score (nSPS) is 14.3. The third-order valence-electron chi connectivity index (χ3n) is 4.35. The largest absolute Gasteiger partial charge is 0.454 e. The van der Waals surface area contributed by atoms with Crippen LogP contribution in [0.5, 0.6) is 11.5 Å². The van der Waals surface area contributed by atoms with Gasteiger partial charge in [0.2, 0.25) is 12.7 Å². The van der Waals surface area contributed by atoms with Gasteiger partial charge in [0.15, 0.2) is 17.3 Å². The van der Waals surface area contributed by atoms with E-state index in [1.807, 2.05) is 0 Å². The molecule has 0 atom stereocenters. The lowest BCUT2D eigenvalue weighted by Crippen LogP contribution is -2.37. The molecule has 0 unspecified atom stereocenters. The number of carbonyl (C=O) groups is 4. The molecule has 1 N–H and O–H groups in total. The number of anilines is 1. The van der Waals surface area contributed by atoms with Gasteiger partial charge in [0.1, 0.15) is 6.54 Å². The highest BCUT2D eigenvalue weighted by molar-refractivity contribution is 6.22. The fraction of sp³-hybridized carbons (Fsp3) is 0.158. The second kappa shape index (κ2) is 6.24. The van der Waals surface area contributed by atoms with Crippen LogP contribution in [0, 0.1) is 0 Å². The van der Waals surface area contributed by atoms with Crippen LogP contribution in [0.25, 0.3) is 0 Å². The molecular formula is C19H14N2O6. The summed E-state index contributed by atoms with van der Waals surface area (Å²) in [5.74, 6) is -1.11. The minimum Gasteiger partial charge on any atom is -0.454 e. The maximum Gasteiger partial charge on any atom is 0.262 e. The van der Waals surface area contributed by atoms with Gasteiger partial charge in [0.25, 0.3) is 11.8 Å². The van der Waals surface area contributed by atoms with Gasteiger partial charge in [-0.05, 0) is 25.1 Å². The van der Waals surface area contributed by atoms with E-state index in [0.29, 0.717) is 11.5 Å². The molecule has 136 valence electrons. The molecule has 4 rings (SSSR count). The highest BCUT2D eigenvalue weighted by Gasteiger charge is 2.36. The molecule has 0 saturated heterocycles. The number of benzene rings is 2. The number of imide groups is 1. The van der Waals surface area contributed by atoms with E-state index >= 15 is 0 Å². The molecule has 27 heavy (non-hydrogen) atoms. The van der Waals surface area contributed by atoms with Crippen LogP contribution in [-0.2, 0) is 4.79 Å². The van der Waals surface area contributed by atoms with E-state index < -0.39 is 24.3 Å². The lowest BCUT2D eigenvalue weighted by molar-refractivity contribution is -0.116. The van der Waals surface area contributed by atoms with Crippen molar-refractivity contribution in [2.45, 2.75) is 6.92 Å². The molecule has 0 bridgehead atoms. The highest BCUT2D eigenvalue weighted by atomic mass is 16.7. The first kappa shape index (κ1) is 16.8. The highest BCUT2D eigenvalue weighted by Crippen LogP contribution is 2.37. The standard InChI is InChI=1S/C19H14N2O6/c1-10(22)13-6-15-16(27-9-26-15)7-14(13)20-17(23)8-21-18(24)11-4-2-3-5-12(11)19(21)25/h2-7H,8-9H2,1H3,(H,20,23). The fourth-order valence-corrected chi connectivity index (χ4v) is 3.05. The first-order valence-electron chi connectivity index (χ1n) is 8.15. The number of fused-ring (bicyclic) bond motifs is 2. The van der Waals surface area contributed by atoms with Gasteiger partial charge >= 0.3 is 0 Å². The van der Waals surface area contributed by atoms with Crippen LogP contribution in [0.2, 0.25) is 0 Å². The maximum atomic E-state index is 12.4. The van der Waals surface area contributed by atoms with Crippen LogP contribution >= 0.6 is 0 Å². The lowest BCUT2D eigenvalue weighted by atomic mass is 10.1. The predicted octanol–water partition coefficient (Wildman–Crippen LogP) is 1.85. The van der Waals surface area contributed by atoms with Gasteiger partial charge < -0.3 is 14.8 Å². The Bertz CT molecular complexity index is 978. The second-order valence-electron chi connectivity index (χ2n) is 6.10. The number of amides is 3. The van der Waals surface area contributed by atoms with Crippen molar-refractivity contribution in [1.82, 2.24) is 4.90 Å². The van der Waals surface area contributed by atoms with Crippen LogP contribution in [-0.4, -0.2) is 41.7 Å². The summed E-state index contributed by atoms with van der Waals surface area (Å²) in [7, 11) is 0. The number of ether oxygens (including phenoxy) is 2. The number of nitrogens with one attached hydrogen (secondary N) is 1. The van der Waals surface area contributed by atoms with Crippen molar-refractivity contribution in [3.05, 3.63) is 53.1 Å². The van der Waals surface area contributed by atoms with Crippen LogP contribution in [0.4, 0.5) is 5.69 Å². The molecule has 8 nitrogen and oxygen atoms in total. The molecule has 2 aromatic carbocycles. The second-order valence-corrected chi connectivity index (χ2v) is 6.10. The molecule has 2 heterocycles. The number of ketones is 1.